The van der Waals surface area contributed by atoms with E-state index in [9.17, 15) is 42.6 Å². The van der Waals surface area contributed by atoms with Gasteiger partial charge in [-0.05, 0) is 54.9 Å². The van der Waals surface area contributed by atoms with Crippen LogP contribution in [0.4, 0.5) is 27.6 Å². The predicted molar refractivity (Wildman–Crippen MR) is 177 cm³/mol. The first-order valence-electron chi connectivity index (χ1n) is 16.1. The molecule has 0 radical (unpaired) electrons. The van der Waals surface area contributed by atoms with Crippen molar-refractivity contribution >= 4 is 52.5 Å². The summed E-state index contributed by atoms with van der Waals surface area (Å²) in [5.74, 6) is -21.9. The van der Waals surface area contributed by atoms with Crippen LogP contribution in [0.2, 0.25) is 0 Å². The number of halogens is 7. The Bertz CT molecular complexity index is 2120. The summed E-state index contributed by atoms with van der Waals surface area (Å²) in [6, 6.07) is 10.6. The monoisotopic (exact) mass is 760 g/mol. The van der Waals surface area contributed by atoms with Crippen LogP contribution in [0.3, 0.4) is 0 Å². The summed E-state index contributed by atoms with van der Waals surface area (Å²) >= 11 is 14.3. The van der Waals surface area contributed by atoms with Gasteiger partial charge in [-0.15, -0.1) is 29.8 Å². The molecule has 6 atom stereocenters. The molecule has 0 aromatic heterocycles. The first-order valence-corrected chi connectivity index (χ1v) is 16.9. The van der Waals surface area contributed by atoms with Gasteiger partial charge in [0.25, 0.3) is 11.8 Å². The normalized spacial score (nSPS) is 28.2. The number of carbonyl (C=O) groups excluding carboxylic acids is 4. The van der Waals surface area contributed by atoms with Gasteiger partial charge in [-0.3, -0.25) is 24.1 Å². The third-order valence-electron chi connectivity index (χ3n) is 10.7. The van der Waals surface area contributed by atoms with Gasteiger partial charge in [0.05, 0.1) is 11.8 Å². The largest absolute Gasteiger partial charge is 0.508 e. The van der Waals surface area contributed by atoms with Crippen LogP contribution in [0.15, 0.2) is 66.8 Å². The second-order valence-electron chi connectivity index (χ2n) is 13.3. The van der Waals surface area contributed by atoms with E-state index in [0.29, 0.717) is 5.56 Å². The van der Waals surface area contributed by atoms with E-state index >= 15 is 8.78 Å². The summed E-state index contributed by atoms with van der Waals surface area (Å²) in [6.07, 6.45) is 2.70. The number of allylic oxidation sites excluding steroid dienone is 3. The van der Waals surface area contributed by atoms with E-state index in [1.165, 1.54) is 36.4 Å². The number of nitrogens with zero attached hydrogens (tertiary/aromatic N) is 2. The highest BCUT2D eigenvalue weighted by Crippen LogP contribution is 2.66. The molecule has 15 heteroatoms. The number of para-hydroxylation sites is 1. The van der Waals surface area contributed by atoms with Crippen molar-refractivity contribution in [2.24, 2.45) is 17.8 Å². The van der Waals surface area contributed by atoms with E-state index in [-0.39, 0.29) is 47.6 Å². The fourth-order valence-electron chi connectivity index (χ4n) is 8.27. The molecule has 7 rings (SSSR count). The molecule has 3 aromatic rings. The zero-order valence-corrected chi connectivity index (χ0v) is 28.3. The molecule has 3 aromatic carbocycles. The minimum atomic E-state index is -2.75. The fraction of sp³-hybridized carbons (Fsp3) is 0.297. The molecule has 4 amide bonds. The van der Waals surface area contributed by atoms with Gasteiger partial charge in [0.2, 0.25) is 17.6 Å². The fourth-order valence-corrected chi connectivity index (χ4v) is 9.19. The first-order chi connectivity index (χ1) is 24.6. The number of fused-ring (bicyclic) bond motifs is 4. The number of phenols is 2. The molecule has 3 fully saturated rings. The van der Waals surface area contributed by atoms with Crippen LogP contribution in [0.5, 0.6) is 11.5 Å². The lowest BCUT2D eigenvalue weighted by molar-refractivity contribution is -0.140. The number of likely N-dealkylation sites (tertiary alicyclic amines) is 1. The summed E-state index contributed by atoms with van der Waals surface area (Å²) < 4.78 is 73.5. The van der Waals surface area contributed by atoms with E-state index in [2.05, 4.69) is 6.58 Å². The van der Waals surface area contributed by atoms with Crippen LogP contribution >= 0.6 is 23.2 Å². The molecule has 1 saturated carbocycles. The van der Waals surface area contributed by atoms with Crippen molar-refractivity contribution in [3.05, 3.63) is 113 Å². The maximum absolute atomic E-state index is 15.3. The molecule has 2 N–H and O–H groups in total. The second-order valence-corrected chi connectivity index (χ2v) is 14.5. The van der Waals surface area contributed by atoms with Crippen molar-refractivity contribution in [2.45, 2.75) is 41.3 Å². The molecule has 270 valence electrons. The minimum Gasteiger partial charge on any atom is -0.508 e. The summed E-state index contributed by atoms with van der Waals surface area (Å²) in [5.41, 5.74) is -0.720. The van der Waals surface area contributed by atoms with Crippen LogP contribution in [0.1, 0.15) is 35.4 Å². The minimum absolute atomic E-state index is 0.0265. The smallest absolute Gasteiger partial charge is 0.258 e. The van der Waals surface area contributed by atoms with Gasteiger partial charge >= 0.3 is 0 Å². The highest BCUT2D eigenvalue weighted by atomic mass is 35.5. The van der Waals surface area contributed by atoms with Gasteiger partial charge in [-0.1, -0.05) is 48.1 Å². The molecule has 8 nitrogen and oxygen atoms in total. The number of imide groups is 2. The van der Waals surface area contributed by atoms with Gasteiger partial charge in [0.1, 0.15) is 17.2 Å². The Kier molecular flexibility index (Phi) is 8.53. The Morgan fingerprint density at radius 2 is 1.48 bits per heavy atom. The maximum Gasteiger partial charge on any atom is 0.258 e. The van der Waals surface area contributed by atoms with Crippen molar-refractivity contribution in [1.29, 1.82) is 0 Å². The highest BCUT2D eigenvalue weighted by Gasteiger charge is 2.77. The van der Waals surface area contributed by atoms with Gasteiger partial charge in [0.15, 0.2) is 33.0 Å². The highest BCUT2D eigenvalue weighted by molar-refractivity contribution is 6.58. The average molecular weight is 762 g/mol. The van der Waals surface area contributed by atoms with Crippen molar-refractivity contribution in [3.63, 3.8) is 0 Å². The Hall–Kier alpha value is -4.75. The Labute approximate surface area is 302 Å². The molecule has 2 aliphatic carbocycles. The van der Waals surface area contributed by atoms with E-state index in [0.717, 1.165) is 10.5 Å². The number of benzene rings is 3. The molecule has 2 saturated heterocycles. The summed E-state index contributed by atoms with van der Waals surface area (Å²) in [6.45, 7) is 3.62. The second kappa shape index (κ2) is 12.4. The Balaban J connectivity index is 1.38. The van der Waals surface area contributed by atoms with Crippen molar-refractivity contribution in [1.82, 2.24) is 4.90 Å². The molecule has 0 spiro atoms. The third-order valence-corrected chi connectivity index (χ3v) is 12.1. The molecule has 52 heavy (non-hydrogen) atoms. The van der Waals surface area contributed by atoms with E-state index < -0.39 is 104 Å². The van der Waals surface area contributed by atoms with Crippen LogP contribution < -0.4 is 4.90 Å². The summed E-state index contributed by atoms with van der Waals surface area (Å²) in [7, 11) is 0. The first kappa shape index (κ1) is 35.6. The zero-order chi connectivity index (χ0) is 37.6. The van der Waals surface area contributed by atoms with Gasteiger partial charge < -0.3 is 10.2 Å². The molecule has 6 unspecified atom stereocenters. The van der Waals surface area contributed by atoms with Crippen LogP contribution in [-0.4, -0.2) is 55.0 Å². The molecule has 2 heterocycles. The van der Waals surface area contributed by atoms with Gasteiger partial charge in [-0.25, -0.2) is 26.9 Å². The molecule has 4 aliphatic rings. The lowest BCUT2D eigenvalue weighted by Crippen LogP contribution is -2.60. The SMILES string of the molecule is C=CCc1cccc(C2C3=CCC4C(=O)N(CCc5ccc(O)cc5)C(=O)C4C3CC3(Cl)C(=O)N(c4c(F)c(F)c(F)c(F)c4F)C(=O)C23Cl)c1O. The lowest BCUT2D eigenvalue weighted by Gasteiger charge is -2.50. The average Bonchev–Trinajstić information content (AvgIpc) is 3.45. The molecule has 2 aliphatic heterocycles. The van der Waals surface area contributed by atoms with E-state index in [4.69, 9.17) is 23.2 Å². The number of aromatic hydroxyl groups is 2. The number of hydrogen-bond donors (Lipinski definition) is 2. The predicted octanol–water partition coefficient (Wildman–Crippen LogP) is 6.33. The van der Waals surface area contributed by atoms with Crippen molar-refractivity contribution in [3.8, 4) is 11.5 Å². The van der Waals surface area contributed by atoms with Crippen LogP contribution in [-0.2, 0) is 32.0 Å². The maximum atomic E-state index is 15.3. The summed E-state index contributed by atoms with van der Waals surface area (Å²) in [5, 5.41) is 21.2. The zero-order valence-electron chi connectivity index (χ0n) is 26.8. The standard InChI is InChI=1S/C37H27Cl2F5N2O6/c1-2-4-17-5-3-6-21(31(17)48)24-19-11-12-20-23(33(50)45(32(20)49)14-13-16-7-9-18(47)10-8-16)22(19)15-36(38)34(51)46(35(52)37(24,36)39)30-28(43)26(41)25(40)27(42)29(30)44/h2-3,5-11,20,22-24,47-48H,1,4,12-15H2. The number of amides is 4. The molecular formula is C37H27Cl2F5N2O6. The van der Waals surface area contributed by atoms with Gasteiger partial charge in [0, 0.05) is 18.0 Å². The third kappa shape index (κ3) is 4.77. The van der Waals surface area contributed by atoms with Crippen molar-refractivity contribution in [2.75, 3.05) is 11.4 Å². The quantitative estimate of drug-likeness (QED) is 0.0727. The number of hydrogen-bond acceptors (Lipinski definition) is 6. The van der Waals surface area contributed by atoms with E-state index in [1.807, 2.05) is 0 Å². The van der Waals surface area contributed by atoms with Crippen LogP contribution in [0.25, 0.3) is 0 Å². The lowest BCUT2D eigenvalue weighted by atomic mass is 9.56. The summed E-state index contributed by atoms with van der Waals surface area (Å²) in [4.78, 5) is 52.0. The topological polar surface area (TPSA) is 115 Å². The number of alkyl halides is 2. The number of rotatable bonds is 7. The number of anilines is 1. The van der Waals surface area contributed by atoms with Gasteiger partial charge in [-0.2, -0.15) is 0 Å². The Morgan fingerprint density at radius 1 is 0.846 bits per heavy atom. The number of phenolic OH excluding ortho intramolecular Hbond substituents is 2. The van der Waals surface area contributed by atoms with E-state index in [1.54, 1.807) is 18.2 Å². The Morgan fingerprint density at radius 3 is 2.12 bits per heavy atom. The van der Waals surface area contributed by atoms with Crippen LogP contribution in [0, 0.1) is 46.8 Å². The molecule has 0 bridgehead atoms. The number of carbonyl (C=O) groups is 4. The van der Waals surface area contributed by atoms with Crippen molar-refractivity contribution < 1.29 is 51.3 Å². The molecular weight excluding hydrogens is 734 g/mol.